The van der Waals surface area contributed by atoms with E-state index < -0.39 is 0 Å². The highest BCUT2D eigenvalue weighted by atomic mass is 32.2. The van der Waals surface area contributed by atoms with Gasteiger partial charge >= 0.3 is 5.97 Å². The van der Waals surface area contributed by atoms with E-state index in [1.807, 2.05) is 13.0 Å². The van der Waals surface area contributed by atoms with Gasteiger partial charge in [-0.05, 0) is 12.1 Å². The normalized spacial score (nSPS) is 11.7. The number of nitrogens with zero attached hydrogens (tertiary/aromatic N) is 1. The van der Waals surface area contributed by atoms with E-state index in [4.69, 9.17) is 0 Å². The van der Waals surface area contributed by atoms with E-state index in [9.17, 15) is 9.59 Å². The Bertz CT molecular complexity index is 437. The lowest BCUT2D eigenvalue weighted by Gasteiger charge is -2.10. The molecule has 1 rings (SSSR count). The summed E-state index contributed by atoms with van der Waals surface area (Å²) in [5.74, 6) is -0.464. The molecule has 0 saturated heterocycles. The molecule has 0 fully saturated rings. The molecule has 1 atom stereocenters. The molecule has 1 aromatic heterocycles. The van der Waals surface area contributed by atoms with Crippen molar-refractivity contribution in [3.8, 4) is 0 Å². The van der Waals surface area contributed by atoms with Gasteiger partial charge in [-0.15, -0.1) is 11.8 Å². The molecule has 1 amide bonds. The fourth-order valence-electron chi connectivity index (χ4n) is 1.33. The van der Waals surface area contributed by atoms with Crippen LogP contribution in [-0.2, 0) is 9.53 Å². The largest absolute Gasteiger partial charge is 0.469 e. The second kappa shape index (κ2) is 7.00. The minimum atomic E-state index is -0.240. The number of hydrogen-bond acceptors (Lipinski definition) is 5. The summed E-state index contributed by atoms with van der Waals surface area (Å²) < 4.78 is 4.61. The second-order valence-corrected chi connectivity index (χ2v) is 5.18. The third kappa shape index (κ3) is 4.37. The molecule has 98 valence electrons. The summed E-state index contributed by atoms with van der Waals surface area (Å²) in [6.45, 7) is 1.93. The van der Waals surface area contributed by atoms with Crippen LogP contribution in [0.3, 0.4) is 0 Å². The molecule has 0 radical (unpaired) electrons. The van der Waals surface area contributed by atoms with Crippen LogP contribution >= 0.6 is 11.8 Å². The average Bonchev–Trinajstić information content (AvgIpc) is 2.37. The van der Waals surface area contributed by atoms with Crippen molar-refractivity contribution in [2.24, 2.45) is 0 Å². The van der Waals surface area contributed by atoms with Gasteiger partial charge in [-0.25, -0.2) is 0 Å². The first-order valence-corrected chi connectivity index (χ1v) is 6.36. The zero-order valence-electron chi connectivity index (χ0n) is 10.6. The van der Waals surface area contributed by atoms with E-state index in [1.165, 1.54) is 18.9 Å². The van der Waals surface area contributed by atoms with Crippen molar-refractivity contribution in [1.29, 1.82) is 0 Å². The van der Waals surface area contributed by atoms with Crippen molar-refractivity contribution in [1.82, 2.24) is 10.3 Å². The standard InChI is InChI=1S/C12H16N2O3S/c1-8(6-11(15)17-3)18-9-4-5-14-10(7-9)12(16)13-2/h4-5,7-8H,6H2,1-3H3,(H,13,16). The summed E-state index contributed by atoms with van der Waals surface area (Å²) in [5.41, 5.74) is 0.368. The monoisotopic (exact) mass is 268 g/mol. The fourth-order valence-corrected chi connectivity index (χ4v) is 2.33. The molecular weight excluding hydrogens is 252 g/mol. The van der Waals surface area contributed by atoms with E-state index in [0.717, 1.165) is 4.90 Å². The van der Waals surface area contributed by atoms with Crippen LogP contribution < -0.4 is 5.32 Å². The summed E-state index contributed by atoms with van der Waals surface area (Å²) >= 11 is 1.51. The molecule has 1 unspecified atom stereocenters. The van der Waals surface area contributed by atoms with Crippen LogP contribution in [0.1, 0.15) is 23.8 Å². The van der Waals surface area contributed by atoms with Crippen LogP contribution in [0.2, 0.25) is 0 Å². The number of thioether (sulfide) groups is 1. The summed E-state index contributed by atoms with van der Waals surface area (Å²) in [6, 6.07) is 3.52. The fraction of sp³-hybridized carbons (Fsp3) is 0.417. The molecule has 1 heterocycles. The third-order valence-corrected chi connectivity index (χ3v) is 3.31. The highest BCUT2D eigenvalue weighted by Crippen LogP contribution is 2.25. The molecule has 6 heteroatoms. The number of pyridine rings is 1. The van der Waals surface area contributed by atoms with Gasteiger partial charge < -0.3 is 10.1 Å². The van der Waals surface area contributed by atoms with Gasteiger partial charge in [0.05, 0.1) is 13.5 Å². The van der Waals surface area contributed by atoms with Crippen LogP contribution in [0.15, 0.2) is 23.2 Å². The first-order valence-electron chi connectivity index (χ1n) is 5.48. The minimum Gasteiger partial charge on any atom is -0.469 e. The number of aromatic nitrogens is 1. The number of methoxy groups -OCH3 is 1. The van der Waals surface area contributed by atoms with Gasteiger partial charge in [0.25, 0.3) is 5.91 Å². The molecule has 0 aliphatic heterocycles. The average molecular weight is 268 g/mol. The molecule has 0 spiro atoms. The molecule has 0 bridgehead atoms. The van der Waals surface area contributed by atoms with Crippen molar-refractivity contribution < 1.29 is 14.3 Å². The SMILES string of the molecule is CNC(=O)c1cc(SC(C)CC(=O)OC)ccn1. The smallest absolute Gasteiger partial charge is 0.306 e. The highest BCUT2D eigenvalue weighted by Gasteiger charge is 2.12. The Labute approximate surface area is 110 Å². The minimum absolute atomic E-state index is 0.0809. The van der Waals surface area contributed by atoms with E-state index >= 15 is 0 Å². The maximum atomic E-state index is 11.4. The molecule has 18 heavy (non-hydrogen) atoms. The van der Waals surface area contributed by atoms with Crippen LogP contribution in [0.5, 0.6) is 0 Å². The second-order valence-electron chi connectivity index (χ2n) is 3.66. The number of carbonyl (C=O) groups is 2. The van der Waals surface area contributed by atoms with Crippen molar-refractivity contribution >= 4 is 23.6 Å². The van der Waals surface area contributed by atoms with Gasteiger partial charge in [0.2, 0.25) is 0 Å². The Morgan fingerprint density at radius 2 is 2.28 bits per heavy atom. The first kappa shape index (κ1) is 14.5. The van der Waals surface area contributed by atoms with E-state index in [0.29, 0.717) is 12.1 Å². The molecule has 5 nitrogen and oxygen atoms in total. The number of ether oxygens (including phenoxy) is 1. The van der Waals surface area contributed by atoms with Gasteiger partial charge in [0.1, 0.15) is 5.69 Å². The molecule has 0 saturated carbocycles. The Morgan fingerprint density at radius 3 is 2.89 bits per heavy atom. The predicted molar refractivity (Wildman–Crippen MR) is 69.6 cm³/mol. The number of amides is 1. The molecule has 1 N–H and O–H groups in total. The number of rotatable bonds is 5. The summed E-state index contributed by atoms with van der Waals surface area (Å²) in [6.07, 6.45) is 1.91. The zero-order valence-corrected chi connectivity index (χ0v) is 11.4. The van der Waals surface area contributed by atoms with Gasteiger partial charge in [0, 0.05) is 23.4 Å². The van der Waals surface area contributed by atoms with Crippen molar-refractivity contribution in [2.75, 3.05) is 14.2 Å². The van der Waals surface area contributed by atoms with Crippen LogP contribution in [0.4, 0.5) is 0 Å². The highest BCUT2D eigenvalue weighted by molar-refractivity contribution is 8.00. The Hall–Kier alpha value is -1.56. The van der Waals surface area contributed by atoms with Gasteiger partial charge in [-0.3, -0.25) is 14.6 Å². The Morgan fingerprint density at radius 1 is 1.56 bits per heavy atom. The lowest BCUT2D eigenvalue weighted by atomic mass is 10.3. The zero-order chi connectivity index (χ0) is 13.5. The Balaban J connectivity index is 2.67. The third-order valence-electron chi connectivity index (χ3n) is 2.21. The van der Waals surface area contributed by atoms with Gasteiger partial charge in [0.15, 0.2) is 0 Å². The van der Waals surface area contributed by atoms with Gasteiger partial charge in [-0.1, -0.05) is 6.92 Å². The van der Waals surface area contributed by atoms with E-state index in [-0.39, 0.29) is 17.1 Å². The lowest BCUT2D eigenvalue weighted by molar-refractivity contribution is -0.140. The van der Waals surface area contributed by atoms with Crippen molar-refractivity contribution in [2.45, 2.75) is 23.5 Å². The molecule has 0 aliphatic rings. The van der Waals surface area contributed by atoms with Gasteiger partial charge in [-0.2, -0.15) is 0 Å². The number of nitrogens with one attached hydrogen (secondary N) is 1. The Kier molecular flexibility index (Phi) is 5.64. The first-order chi connectivity index (χ1) is 8.56. The number of esters is 1. The summed E-state index contributed by atoms with van der Waals surface area (Å²) in [4.78, 5) is 27.4. The van der Waals surface area contributed by atoms with E-state index in [2.05, 4.69) is 15.0 Å². The molecule has 0 aromatic carbocycles. The van der Waals surface area contributed by atoms with Crippen LogP contribution in [-0.4, -0.2) is 36.3 Å². The van der Waals surface area contributed by atoms with Crippen molar-refractivity contribution in [3.05, 3.63) is 24.0 Å². The van der Waals surface area contributed by atoms with Crippen LogP contribution in [0.25, 0.3) is 0 Å². The number of hydrogen-bond donors (Lipinski definition) is 1. The van der Waals surface area contributed by atoms with Crippen LogP contribution in [0, 0.1) is 0 Å². The lowest BCUT2D eigenvalue weighted by Crippen LogP contribution is -2.19. The predicted octanol–water partition coefficient (Wildman–Crippen LogP) is 1.48. The topological polar surface area (TPSA) is 68.3 Å². The maximum Gasteiger partial charge on any atom is 0.306 e. The maximum absolute atomic E-state index is 11.4. The molecule has 0 aliphatic carbocycles. The molecule has 1 aromatic rings. The quantitative estimate of drug-likeness (QED) is 0.647. The summed E-state index contributed by atoms with van der Waals surface area (Å²) in [7, 11) is 2.93. The molecular formula is C12H16N2O3S. The summed E-state index contributed by atoms with van der Waals surface area (Å²) in [5, 5.41) is 2.60. The number of carbonyl (C=O) groups excluding carboxylic acids is 2. The van der Waals surface area contributed by atoms with Crippen molar-refractivity contribution in [3.63, 3.8) is 0 Å². The van der Waals surface area contributed by atoms with E-state index in [1.54, 1.807) is 19.3 Å².